The number of ether oxygens (including phenoxy) is 2. The van der Waals surface area contributed by atoms with Crippen LogP contribution in [0.5, 0.6) is 5.75 Å². The van der Waals surface area contributed by atoms with Crippen molar-refractivity contribution in [1.82, 2.24) is 15.1 Å². The topological polar surface area (TPSA) is 49.3 Å². The van der Waals surface area contributed by atoms with Crippen LogP contribution in [-0.4, -0.2) is 81.9 Å². The summed E-state index contributed by atoms with van der Waals surface area (Å²) >= 11 is 0. The standard InChI is InChI=1S/C20H34N4O2/c1-5-21-19(22-17-20(23(2)3)11-14-25-15-12-20)24(4)13-16-26-18-9-7-6-8-10-18/h6-10H,5,11-17H2,1-4H3,(H,21,22). The Morgan fingerprint density at radius 2 is 1.88 bits per heavy atom. The molecule has 6 nitrogen and oxygen atoms in total. The lowest BCUT2D eigenvalue weighted by Gasteiger charge is -2.42. The quantitative estimate of drug-likeness (QED) is 0.567. The Morgan fingerprint density at radius 3 is 2.50 bits per heavy atom. The van der Waals surface area contributed by atoms with Crippen molar-refractivity contribution in [3.8, 4) is 5.75 Å². The fourth-order valence-electron chi connectivity index (χ4n) is 3.11. The molecular weight excluding hydrogens is 328 g/mol. The van der Waals surface area contributed by atoms with E-state index in [1.807, 2.05) is 30.3 Å². The molecule has 26 heavy (non-hydrogen) atoms. The minimum atomic E-state index is 0.0836. The molecule has 1 fully saturated rings. The van der Waals surface area contributed by atoms with Crippen molar-refractivity contribution in [3.05, 3.63) is 30.3 Å². The molecule has 0 bridgehead atoms. The van der Waals surface area contributed by atoms with Gasteiger partial charge in [-0.1, -0.05) is 18.2 Å². The number of benzene rings is 1. The van der Waals surface area contributed by atoms with Crippen molar-refractivity contribution in [2.75, 3.05) is 60.6 Å². The van der Waals surface area contributed by atoms with Gasteiger partial charge >= 0.3 is 0 Å². The molecule has 0 saturated carbocycles. The van der Waals surface area contributed by atoms with E-state index >= 15 is 0 Å². The van der Waals surface area contributed by atoms with E-state index in [9.17, 15) is 0 Å². The molecule has 0 spiro atoms. The van der Waals surface area contributed by atoms with Crippen molar-refractivity contribution < 1.29 is 9.47 Å². The van der Waals surface area contributed by atoms with E-state index in [0.29, 0.717) is 6.61 Å². The molecule has 1 aliphatic heterocycles. The maximum Gasteiger partial charge on any atom is 0.193 e. The Morgan fingerprint density at radius 1 is 1.19 bits per heavy atom. The van der Waals surface area contributed by atoms with E-state index < -0.39 is 0 Å². The average molecular weight is 363 g/mol. The third kappa shape index (κ3) is 5.88. The molecule has 1 aromatic rings. The summed E-state index contributed by atoms with van der Waals surface area (Å²) in [6.45, 7) is 6.74. The van der Waals surface area contributed by atoms with Crippen molar-refractivity contribution in [1.29, 1.82) is 0 Å². The number of nitrogens with zero attached hydrogens (tertiary/aromatic N) is 3. The molecule has 1 heterocycles. The fourth-order valence-corrected chi connectivity index (χ4v) is 3.11. The van der Waals surface area contributed by atoms with Crippen LogP contribution < -0.4 is 10.1 Å². The monoisotopic (exact) mass is 362 g/mol. The van der Waals surface area contributed by atoms with Gasteiger partial charge in [0.05, 0.1) is 13.1 Å². The van der Waals surface area contributed by atoms with Crippen LogP contribution in [0, 0.1) is 0 Å². The Balaban J connectivity index is 1.93. The first kappa shape index (κ1) is 20.5. The van der Waals surface area contributed by atoms with E-state index in [0.717, 1.165) is 57.4 Å². The Bertz CT molecular complexity index is 542. The molecule has 0 radical (unpaired) electrons. The van der Waals surface area contributed by atoms with Crippen LogP contribution in [0.1, 0.15) is 19.8 Å². The van der Waals surface area contributed by atoms with Crippen molar-refractivity contribution in [2.45, 2.75) is 25.3 Å². The average Bonchev–Trinajstić information content (AvgIpc) is 2.66. The summed E-state index contributed by atoms with van der Waals surface area (Å²) in [6.07, 6.45) is 2.04. The van der Waals surface area contributed by atoms with Crippen molar-refractivity contribution in [3.63, 3.8) is 0 Å². The van der Waals surface area contributed by atoms with E-state index in [4.69, 9.17) is 14.5 Å². The van der Waals surface area contributed by atoms with Crippen LogP contribution in [0.4, 0.5) is 0 Å². The predicted octanol–water partition coefficient (Wildman–Crippen LogP) is 2.07. The zero-order valence-corrected chi connectivity index (χ0v) is 16.7. The highest BCUT2D eigenvalue weighted by atomic mass is 16.5. The van der Waals surface area contributed by atoms with E-state index in [-0.39, 0.29) is 5.54 Å². The zero-order valence-electron chi connectivity index (χ0n) is 16.7. The molecule has 6 heteroatoms. The van der Waals surface area contributed by atoms with Gasteiger partial charge in [0, 0.05) is 32.3 Å². The van der Waals surface area contributed by atoms with Crippen LogP contribution in [0.25, 0.3) is 0 Å². The lowest BCUT2D eigenvalue weighted by atomic mass is 9.89. The fraction of sp³-hybridized carbons (Fsp3) is 0.650. The first-order chi connectivity index (χ1) is 12.6. The van der Waals surface area contributed by atoms with Gasteiger partial charge in [-0.2, -0.15) is 0 Å². The van der Waals surface area contributed by atoms with Gasteiger partial charge in [-0.3, -0.25) is 4.99 Å². The van der Waals surface area contributed by atoms with Gasteiger partial charge in [0.15, 0.2) is 5.96 Å². The Hall–Kier alpha value is -1.79. The number of hydrogen-bond donors (Lipinski definition) is 1. The van der Waals surface area contributed by atoms with Crippen LogP contribution in [0.2, 0.25) is 0 Å². The molecule has 1 N–H and O–H groups in total. The van der Waals surface area contributed by atoms with Gasteiger partial charge in [-0.15, -0.1) is 0 Å². The summed E-state index contributed by atoms with van der Waals surface area (Å²) in [6, 6.07) is 9.92. The molecule has 0 unspecified atom stereocenters. The summed E-state index contributed by atoms with van der Waals surface area (Å²) < 4.78 is 11.4. The van der Waals surface area contributed by atoms with Gasteiger partial charge in [0.1, 0.15) is 12.4 Å². The minimum Gasteiger partial charge on any atom is -0.492 e. The molecule has 2 rings (SSSR count). The van der Waals surface area contributed by atoms with Crippen LogP contribution in [0.15, 0.2) is 35.3 Å². The number of guanidine groups is 1. The lowest BCUT2D eigenvalue weighted by Crippen LogP contribution is -2.52. The second-order valence-corrected chi connectivity index (χ2v) is 6.98. The van der Waals surface area contributed by atoms with Crippen LogP contribution >= 0.6 is 0 Å². The van der Waals surface area contributed by atoms with Crippen molar-refractivity contribution in [2.24, 2.45) is 4.99 Å². The first-order valence-corrected chi connectivity index (χ1v) is 9.50. The summed E-state index contributed by atoms with van der Waals surface area (Å²) in [5.41, 5.74) is 0.0836. The smallest absolute Gasteiger partial charge is 0.193 e. The molecule has 0 aliphatic carbocycles. The third-order valence-corrected chi connectivity index (χ3v) is 5.03. The van der Waals surface area contributed by atoms with Gasteiger partial charge in [0.25, 0.3) is 0 Å². The van der Waals surface area contributed by atoms with Crippen LogP contribution in [0.3, 0.4) is 0 Å². The summed E-state index contributed by atoms with van der Waals surface area (Å²) in [5, 5.41) is 3.40. The largest absolute Gasteiger partial charge is 0.492 e. The highest BCUT2D eigenvalue weighted by Gasteiger charge is 2.34. The minimum absolute atomic E-state index is 0.0836. The molecule has 1 aromatic carbocycles. The van der Waals surface area contributed by atoms with Crippen molar-refractivity contribution >= 4 is 5.96 Å². The van der Waals surface area contributed by atoms with Gasteiger partial charge in [-0.25, -0.2) is 0 Å². The predicted molar refractivity (Wildman–Crippen MR) is 107 cm³/mol. The number of rotatable bonds is 8. The molecule has 1 aliphatic rings. The Kier molecular flexibility index (Phi) is 8.19. The summed E-state index contributed by atoms with van der Waals surface area (Å²) in [5.74, 6) is 1.83. The maximum absolute atomic E-state index is 5.81. The highest BCUT2D eigenvalue weighted by molar-refractivity contribution is 5.79. The number of hydrogen-bond acceptors (Lipinski definition) is 4. The molecule has 0 amide bonds. The molecular formula is C20H34N4O2. The molecule has 146 valence electrons. The van der Waals surface area contributed by atoms with Gasteiger partial charge in [-0.05, 0) is 46.0 Å². The van der Waals surface area contributed by atoms with Gasteiger partial charge in [0.2, 0.25) is 0 Å². The second kappa shape index (κ2) is 10.4. The summed E-state index contributed by atoms with van der Waals surface area (Å²) in [7, 11) is 6.35. The molecule has 0 atom stereocenters. The first-order valence-electron chi connectivity index (χ1n) is 9.50. The van der Waals surface area contributed by atoms with E-state index in [2.05, 4.69) is 43.2 Å². The maximum atomic E-state index is 5.81. The normalized spacial score (nSPS) is 17.2. The molecule has 0 aromatic heterocycles. The molecule has 1 saturated heterocycles. The lowest BCUT2D eigenvalue weighted by molar-refractivity contribution is -0.00263. The zero-order chi connectivity index (χ0) is 18.8. The second-order valence-electron chi connectivity index (χ2n) is 6.98. The number of aliphatic imine (C=N–C) groups is 1. The SMILES string of the molecule is CCNC(=NCC1(N(C)C)CCOCC1)N(C)CCOc1ccccc1. The van der Waals surface area contributed by atoms with E-state index in [1.165, 1.54) is 0 Å². The number of para-hydroxylation sites is 1. The Labute approximate surface area is 158 Å². The van der Waals surface area contributed by atoms with Crippen LogP contribution in [-0.2, 0) is 4.74 Å². The third-order valence-electron chi connectivity index (χ3n) is 5.03. The highest BCUT2D eigenvalue weighted by Crippen LogP contribution is 2.26. The van der Waals surface area contributed by atoms with E-state index in [1.54, 1.807) is 0 Å². The van der Waals surface area contributed by atoms with Gasteiger partial charge < -0.3 is 24.6 Å². The summed E-state index contributed by atoms with van der Waals surface area (Å²) in [4.78, 5) is 9.38. The number of likely N-dealkylation sites (N-methyl/N-ethyl adjacent to an activating group) is 2. The number of nitrogens with one attached hydrogen (secondary N) is 1.